The van der Waals surface area contributed by atoms with E-state index in [1.807, 2.05) is 24.3 Å². The van der Waals surface area contributed by atoms with Crippen molar-refractivity contribution in [3.8, 4) is 0 Å². The molecule has 0 amide bonds. The van der Waals surface area contributed by atoms with Crippen LogP contribution in [0.25, 0.3) is 10.9 Å². The summed E-state index contributed by atoms with van der Waals surface area (Å²) in [5, 5.41) is 18.8. The fraction of sp³-hybridized carbons (Fsp3) is 0.278. The molecule has 0 aliphatic rings. The fourth-order valence-corrected chi connectivity index (χ4v) is 3.26. The number of aromatic nitrogens is 2. The molecule has 3 aromatic rings. The van der Waals surface area contributed by atoms with Crippen molar-refractivity contribution in [1.82, 2.24) is 15.1 Å². The Labute approximate surface area is 151 Å². The first-order chi connectivity index (χ1) is 11.6. The molecule has 1 unspecified atom stereocenters. The number of H-pyrrole nitrogens is 1. The van der Waals surface area contributed by atoms with Gasteiger partial charge in [0.05, 0.1) is 22.3 Å². The third-order valence-corrected chi connectivity index (χ3v) is 5.02. The van der Waals surface area contributed by atoms with Gasteiger partial charge in [-0.1, -0.05) is 53.5 Å². The van der Waals surface area contributed by atoms with E-state index in [9.17, 15) is 5.11 Å². The third-order valence-electron chi connectivity index (χ3n) is 4.23. The maximum absolute atomic E-state index is 9.45. The van der Waals surface area contributed by atoms with E-state index in [2.05, 4.69) is 34.2 Å². The monoisotopic (exact) mass is 363 g/mol. The normalized spacial score (nSPS) is 12.9. The van der Waals surface area contributed by atoms with Crippen LogP contribution >= 0.6 is 23.2 Å². The number of nitrogens with zero attached hydrogens (tertiary/aromatic N) is 2. The predicted octanol–water partition coefficient (Wildman–Crippen LogP) is 4.43. The molecule has 126 valence electrons. The van der Waals surface area contributed by atoms with E-state index < -0.39 is 0 Å². The summed E-state index contributed by atoms with van der Waals surface area (Å²) in [6, 6.07) is 14.0. The van der Waals surface area contributed by atoms with Crippen LogP contribution in [0, 0.1) is 0 Å². The molecular weight excluding hydrogens is 345 g/mol. The lowest BCUT2D eigenvalue weighted by molar-refractivity contribution is 0.150. The number of aliphatic hydroxyl groups excluding tert-OH is 1. The van der Waals surface area contributed by atoms with Crippen LogP contribution in [0.4, 0.5) is 0 Å². The van der Waals surface area contributed by atoms with E-state index in [-0.39, 0.29) is 12.6 Å². The Hall–Kier alpha value is -1.59. The lowest BCUT2D eigenvalue weighted by atomic mass is 10.1. The molecule has 0 fully saturated rings. The topological polar surface area (TPSA) is 52.2 Å². The SMILES string of the molecule is CC(c1[nH]nc2c(Cl)c(Cl)ccc12)N(CCO)Cc1ccccc1. The number of halogens is 2. The van der Waals surface area contributed by atoms with E-state index in [0.29, 0.717) is 22.1 Å². The number of hydrogen-bond donors (Lipinski definition) is 2. The van der Waals surface area contributed by atoms with Gasteiger partial charge in [0.15, 0.2) is 0 Å². The Morgan fingerprint density at radius 1 is 1.17 bits per heavy atom. The van der Waals surface area contributed by atoms with Crippen LogP contribution < -0.4 is 0 Å². The van der Waals surface area contributed by atoms with Crippen LogP contribution in [0.5, 0.6) is 0 Å². The molecule has 0 radical (unpaired) electrons. The first-order valence-electron chi connectivity index (χ1n) is 7.82. The molecule has 1 atom stereocenters. The second kappa shape index (κ2) is 7.53. The summed E-state index contributed by atoms with van der Waals surface area (Å²) in [4.78, 5) is 2.20. The summed E-state index contributed by atoms with van der Waals surface area (Å²) in [5.41, 5.74) is 2.84. The van der Waals surface area contributed by atoms with Crippen LogP contribution in [0.3, 0.4) is 0 Å². The standard InChI is InChI=1S/C18H19Cl2N3O/c1-12(23(9-10-24)11-13-5-3-2-4-6-13)17-14-7-8-15(19)16(20)18(14)22-21-17/h2-8,12,24H,9-11H2,1H3,(H,21,22). The number of rotatable bonds is 6. The molecule has 0 saturated carbocycles. The highest BCUT2D eigenvalue weighted by Crippen LogP contribution is 2.34. The van der Waals surface area contributed by atoms with Gasteiger partial charge in [-0.25, -0.2) is 0 Å². The zero-order chi connectivity index (χ0) is 17.1. The molecule has 0 aliphatic heterocycles. The molecule has 6 heteroatoms. The van der Waals surface area contributed by atoms with E-state index >= 15 is 0 Å². The second-order valence-electron chi connectivity index (χ2n) is 5.75. The van der Waals surface area contributed by atoms with E-state index in [1.165, 1.54) is 5.56 Å². The van der Waals surface area contributed by atoms with Crippen molar-refractivity contribution in [3.05, 3.63) is 63.8 Å². The van der Waals surface area contributed by atoms with Crippen molar-refractivity contribution >= 4 is 34.1 Å². The zero-order valence-electron chi connectivity index (χ0n) is 13.3. The maximum atomic E-state index is 9.45. The Morgan fingerprint density at radius 2 is 1.92 bits per heavy atom. The Morgan fingerprint density at radius 3 is 2.62 bits per heavy atom. The highest BCUT2D eigenvalue weighted by atomic mass is 35.5. The zero-order valence-corrected chi connectivity index (χ0v) is 14.8. The van der Waals surface area contributed by atoms with Crippen molar-refractivity contribution < 1.29 is 5.11 Å². The van der Waals surface area contributed by atoms with E-state index in [1.54, 1.807) is 6.07 Å². The molecule has 4 nitrogen and oxygen atoms in total. The van der Waals surface area contributed by atoms with Gasteiger partial charge < -0.3 is 5.11 Å². The van der Waals surface area contributed by atoms with Gasteiger partial charge >= 0.3 is 0 Å². The molecule has 0 saturated heterocycles. The quantitative estimate of drug-likeness (QED) is 0.681. The lowest BCUT2D eigenvalue weighted by Crippen LogP contribution is -2.29. The minimum atomic E-state index is 0.0413. The van der Waals surface area contributed by atoms with Crippen molar-refractivity contribution in [2.24, 2.45) is 0 Å². The van der Waals surface area contributed by atoms with E-state index in [4.69, 9.17) is 23.2 Å². The van der Waals surface area contributed by atoms with Gasteiger partial charge in [-0.15, -0.1) is 0 Å². The highest BCUT2D eigenvalue weighted by Gasteiger charge is 2.21. The molecule has 0 spiro atoms. The molecule has 1 heterocycles. The molecule has 0 bridgehead atoms. The van der Waals surface area contributed by atoms with Crippen LogP contribution in [0.1, 0.15) is 24.2 Å². The number of hydrogen-bond acceptors (Lipinski definition) is 3. The van der Waals surface area contributed by atoms with Gasteiger partial charge in [0.2, 0.25) is 0 Å². The highest BCUT2D eigenvalue weighted by molar-refractivity contribution is 6.45. The van der Waals surface area contributed by atoms with Gasteiger partial charge in [-0.2, -0.15) is 5.10 Å². The van der Waals surface area contributed by atoms with Crippen molar-refractivity contribution in [1.29, 1.82) is 0 Å². The summed E-state index contributed by atoms with van der Waals surface area (Å²) in [7, 11) is 0. The van der Waals surface area contributed by atoms with Crippen LogP contribution in [0.2, 0.25) is 10.0 Å². The molecule has 0 aliphatic carbocycles. The van der Waals surface area contributed by atoms with Gasteiger partial charge in [0.1, 0.15) is 5.52 Å². The molecule has 2 N–H and O–H groups in total. The van der Waals surface area contributed by atoms with E-state index in [0.717, 1.165) is 17.6 Å². The van der Waals surface area contributed by atoms with Crippen LogP contribution in [-0.2, 0) is 6.54 Å². The molecule has 24 heavy (non-hydrogen) atoms. The van der Waals surface area contributed by atoms with Gasteiger partial charge in [0, 0.05) is 24.5 Å². The number of aliphatic hydroxyl groups is 1. The van der Waals surface area contributed by atoms with Crippen molar-refractivity contribution in [2.45, 2.75) is 19.5 Å². The maximum Gasteiger partial charge on any atom is 0.113 e. The first kappa shape index (κ1) is 17.2. The smallest absolute Gasteiger partial charge is 0.113 e. The number of benzene rings is 2. The summed E-state index contributed by atoms with van der Waals surface area (Å²) < 4.78 is 0. The average molecular weight is 364 g/mol. The summed E-state index contributed by atoms with van der Waals surface area (Å²) in [6.07, 6.45) is 0. The minimum Gasteiger partial charge on any atom is -0.395 e. The minimum absolute atomic E-state index is 0.0413. The molecule has 1 aromatic heterocycles. The summed E-state index contributed by atoms with van der Waals surface area (Å²) in [5.74, 6) is 0. The predicted molar refractivity (Wildman–Crippen MR) is 98.5 cm³/mol. The molecule has 2 aromatic carbocycles. The molecule has 3 rings (SSSR count). The van der Waals surface area contributed by atoms with Crippen LogP contribution in [-0.4, -0.2) is 33.4 Å². The van der Waals surface area contributed by atoms with Crippen LogP contribution in [0.15, 0.2) is 42.5 Å². The summed E-state index contributed by atoms with van der Waals surface area (Å²) in [6.45, 7) is 3.49. The van der Waals surface area contributed by atoms with Crippen molar-refractivity contribution in [3.63, 3.8) is 0 Å². The average Bonchev–Trinajstić information content (AvgIpc) is 3.03. The van der Waals surface area contributed by atoms with Gasteiger partial charge in [0.25, 0.3) is 0 Å². The number of nitrogens with one attached hydrogen (secondary N) is 1. The number of aromatic amines is 1. The largest absolute Gasteiger partial charge is 0.395 e. The first-order valence-corrected chi connectivity index (χ1v) is 8.58. The van der Waals surface area contributed by atoms with Crippen molar-refractivity contribution in [2.75, 3.05) is 13.2 Å². The lowest BCUT2D eigenvalue weighted by Gasteiger charge is -2.28. The fourth-order valence-electron chi connectivity index (χ4n) is 2.90. The third kappa shape index (κ3) is 3.42. The molecular formula is C18H19Cl2N3O. The summed E-state index contributed by atoms with van der Waals surface area (Å²) >= 11 is 12.3. The van der Waals surface area contributed by atoms with Gasteiger partial charge in [-0.05, 0) is 24.6 Å². The van der Waals surface area contributed by atoms with Gasteiger partial charge in [-0.3, -0.25) is 10.00 Å². The number of fused-ring (bicyclic) bond motifs is 1. The second-order valence-corrected chi connectivity index (χ2v) is 6.54. The Bertz CT molecular complexity index is 820. The Balaban J connectivity index is 1.93. The Kier molecular flexibility index (Phi) is 5.41.